The molecule has 0 aliphatic carbocycles. The summed E-state index contributed by atoms with van der Waals surface area (Å²) in [4.78, 5) is 11.7. The van der Waals surface area contributed by atoms with Crippen LogP contribution in [0, 0.1) is 0 Å². The van der Waals surface area contributed by atoms with Crippen molar-refractivity contribution < 1.29 is 38.1 Å². The Labute approximate surface area is 166 Å². The van der Waals surface area contributed by atoms with Gasteiger partial charge in [-0.25, -0.2) is 4.79 Å². The number of halogens is 1. The molecule has 1 aliphatic heterocycles. The van der Waals surface area contributed by atoms with Gasteiger partial charge >= 0.3 is 5.97 Å². The zero-order chi connectivity index (χ0) is 17.3. The lowest BCUT2D eigenvalue weighted by molar-refractivity contribution is -0.401. The molecule has 0 N–H and O–H groups in total. The van der Waals surface area contributed by atoms with E-state index >= 15 is 0 Å². The van der Waals surface area contributed by atoms with E-state index in [1.807, 2.05) is 24.3 Å². The smallest absolute Gasteiger partial charge is 0.337 e. The van der Waals surface area contributed by atoms with Crippen molar-refractivity contribution in [2.75, 3.05) is 14.2 Å². The number of fused-ring (bicyclic) bond motifs is 1. The SMILES string of the molecule is COC(=O)c1cccc(C=CC2=[N+](C)c3ccccc3C2(C)C)c1.[I-]. The second-order valence-electron chi connectivity index (χ2n) is 6.54. The van der Waals surface area contributed by atoms with Gasteiger partial charge in [-0.1, -0.05) is 30.3 Å². The number of carbonyl (C=O) groups excluding carboxylic acids is 1. The second-order valence-corrected chi connectivity index (χ2v) is 6.54. The summed E-state index contributed by atoms with van der Waals surface area (Å²) in [6, 6.07) is 15.9. The van der Waals surface area contributed by atoms with E-state index in [-0.39, 0.29) is 35.4 Å². The van der Waals surface area contributed by atoms with E-state index in [9.17, 15) is 4.79 Å². The van der Waals surface area contributed by atoms with Gasteiger partial charge in [0.05, 0.1) is 18.1 Å². The summed E-state index contributed by atoms with van der Waals surface area (Å²) in [6.45, 7) is 4.47. The number of esters is 1. The molecule has 2 aromatic carbocycles. The minimum atomic E-state index is -0.316. The van der Waals surface area contributed by atoms with Crippen LogP contribution in [0.3, 0.4) is 0 Å². The Bertz CT molecular complexity index is 866. The normalized spacial score (nSPS) is 15.0. The molecule has 0 fully saturated rings. The van der Waals surface area contributed by atoms with E-state index in [0.717, 1.165) is 5.56 Å². The third-order valence-corrected chi connectivity index (χ3v) is 4.68. The van der Waals surface area contributed by atoms with Gasteiger partial charge < -0.3 is 28.7 Å². The van der Waals surface area contributed by atoms with Crippen molar-refractivity contribution in [3.8, 4) is 0 Å². The van der Waals surface area contributed by atoms with Gasteiger partial charge in [-0.15, -0.1) is 0 Å². The van der Waals surface area contributed by atoms with Crippen LogP contribution in [0.5, 0.6) is 0 Å². The van der Waals surface area contributed by atoms with Crippen molar-refractivity contribution in [3.05, 3.63) is 71.3 Å². The number of para-hydroxylation sites is 1. The van der Waals surface area contributed by atoms with E-state index in [0.29, 0.717) is 5.56 Å². The Morgan fingerprint density at radius 1 is 1.08 bits per heavy atom. The van der Waals surface area contributed by atoms with Crippen LogP contribution in [0.2, 0.25) is 0 Å². The van der Waals surface area contributed by atoms with Gasteiger partial charge in [-0.05, 0) is 37.6 Å². The zero-order valence-electron chi connectivity index (χ0n) is 14.9. The van der Waals surface area contributed by atoms with E-state index in [1.54, 1.807) is 6.07 Å². The molecule has 2 aromatic rings. The van der Waals surface area contributed by atoms with Gasteiger partial charge in [0, 0.05) is 17.7 Å². The number of ether oxygens (including phenoxy) is 1. The number of allylic oxidation sites excluding steroid dienone is 1. The van der Waals surface area contributed by atoms with Gasteiger partial charge in [-0.2, -0.15) is 4.58 Å². The molecule has 1 heterocycles. The van der Waals surface area contributed by atoms with Crippen LogP contribution in [0.15, 0.2) is 54.6 Å². The molecule has 0 amide bonds. The molecule has 3 rings (SSSR count). The molecule has 0 saturated carbocycles. The van der Waals surface area contributed by atoms with Crippen molar-refractivity contribution in [1.82, 2.24) is 0 Å². The summed E-state index contributed by atoms with van der Waals surface area (Å²) in [6.07, 6.45) is 4.18. The van der Waals surface area contributed by atoms with E-state index in [1.165, 1.54) is 24.1 Å². The summed E-state index contributed by atoms with van der Waals surface area (Å²) in [5, 5.41) is 0. The first-order valence-electron chi connectivity index (χ1n) is 8.02. The van der Waals surface area contributed by atoms with E-state index in [4.69, 9.17) is 4.74 Å². The molecule has 3 nitrogen and oxygen atoms in total. The number of hydrogen-bond acceptors (Lipinski definition) is 2. The molecule has 1 aliphatic rings. The average Bonchev–Trinajstić information content (AvgIpc) is 2.79. The Balaban J connectivity index is 0.00000225. The fraction of sp³-hybridized carbons (Fsp3) is 0.238. The van der Waals surface area contributed by atoms with Crippen LogP contribution in [0.4, 0.5) is 5.69 Å². The van der Waals surface area contributed by atoms with Crippen LogP contribution in [-0.4, -0.2) is 30.4 Å². The first-order valence-corrected chi connectivity index (χ1v) is 8.02. The number of benzene rings is 2. The summed E-state index contributed by atoms with van der Waals surface area (Å²) in [7, 11) is 3.49. The Morgan fingerprint density at radius 3 is 2.48 bits per heavy atom. The van der Waals surface area contributed by atoms with Crippen molar-refractivity contribution in [2.24, 2.45) is 0 Å². The molecule has 0 atom stereocenters. The third kappa shape index (κ3) is 3.54. The van der Waals surface area contributed by atoms with Crippen molar-refractivity contribution in [1.29, 1.82) is 0 Å². The lowest BCUT2D eigenvalue weighted by atomic mass is 9.81. The molecule has 4 heteroatoms. The fourth-order valence-corrected chi connectivity index (χ4v) is 3.36. The van der Waals surface area contributed by atoms with Crippen molar-refractivity contribution in [2.45, 2.75) is 19.3 Å². The van der Waals surface area contributed by atoms with Crippen LogP contribution in [-0.2, 0) is 10.2 Å². The van der Waals surface area contributed by atoms with Gasteiger partial charge in [0.15, 0.2) is 5.71 Å². The molecule has 130 valence electrons. The monoisotopic (exact) mass is 447 g/mol. The van der Waals surface area contributed by atoms with Gasteiger partial charge in [0.1, 0.15) is 7.05 Å². The highest BCUT2D eigenvalue weighted by Gasteiger charge is 2.42. The Hall–Kier alpha value is -1.95. The molecule has 0 spiro atoms. The number of hydrogen-bond donors (Lipinski definition) is 0. The van der Waals surface area contributed by atoms with Crippen LogP contribution in [0.25, 0.3) is 6.08 Å². The number of nitrogens with zero attached hydrogens (tertiary/aromatic N) is 1. The topological polar surface area (TPSA) is 29.3 Å². The highest BCUT2D eigenvalue weighted by molar-refractivity contribution is 6.05. The first kappa shape index (κ1) is 19.4. The van der Waals surface area contributed by atoms with Gasteiger partial charge in [0.25, 0.3) is 0 Å². The third-order valence-electron chi connectivity index (χ3n) is 4.68. The van der Waals surface area contributed by atoms with E-state index < -0.39 is 0 Å². The standard InChI is InChI=1S/C21H22NO2.HI/c1-21(2)17-10-5-6-11-18(17)22(3)19(21)13-12-15-8-7-9-16(14-15)20(23)24-4;/h5-14H,1-4H3;1H/q+1;/p-1. The molecular formula is C21H22INO2. The maximum Gasteiger partial charge on any atom is 0.337 e. The predicted molar refractivity (Wildman–Crippen MR) is 97.1 cm³/mol. The lowest BCUT2D eigenvalue weighted by Gasteiger charge is -2.15. The minimum absolute atomic E-state index is 0. The summed E-state index contributed by atoms with van der Waals surface area (Å²) < 4.78 is 7.02. The lowest BCUT2D eigenvalue weighted by Crippen LogP contribution is -3.00. The summed E-state index contributed by atoms with van der Waals surface area (Å²) >= 11 is 0. The quantitative estimate of drug-likeness (QED) is 0.402. The molecule has 0 saturated heterocycles. The largest absolute Gasteiger partial charge is 1.00 e. The van der Waals surface area contributed by atoms with Gasteiger partial charge in [-0.3, -0.25) is 0 Å². The Kier molecular flexibility index (Phi) is 5.83. The number of rotatable bonds is 3. The predicted octanol–water partition coefficient (Wildman–Crippen LogP) is 1.20. The summed E-state index contributed by atoms with van der Waals surface area (Å²) in [5.74, 6) is -0.316. The first-order chi connectivity index (χ1) is 11.4. The molecule has 0 radical (unpaired) electrons. The number of carbonyl (C=O) groups is 1. The zero-order valence-corrected chi connectivity index (χ0v) is 17.1. The highest BCUT2D eigenvalue weighted by atomic mass is 127. The van der Waals surface area contributed by atoms with Gasteiger partial charge in [0.2, 0.25) is 5.69 Å². The Morgan fingerprint density at radius 2 is 1.80 bits per heavy atom. The van der Waals surface area contributed by atoms with Crippen LogP contribution in [0.1, 0.15) is 35.3 Å². The molecule has 0 bridgehead atoms. The minimum Gasteiger partial charge on any atom is -1.00 e. The van der Waals surface area contributed by atoms with Crippen LogP contribution < -0.4 is 24.0 Å². The maximum atomic E-state index is 11.7. The fourth-order valence-electron chi connectivity index (χ4n) is 3.36. The van der Waals surface area contributed by atoms with Crippen molar-refractivity contribution >= 4 is 23.4 Å². The molecule has 0 unspecified atom stereocenters. The second kappa shape index (κ2) is 7.52. The average molecular weight is 447 g/mol. The summed E-state index contributed by atoms with van der Waals surface area (Å²) in [5.41, 5.74) is 5.28. The molecular weight excluding hydrogens is 425 g/mol. The molecule has 0 aromatic heterocycles. The van der Waals surface area contributed by atoms with Crippen molar-refractivity contribution in [3.63, 3.8) is 0 Å². The van der Waals surface area contributed by atoms with Crippen LogP contribution >= 0.6 is 0 Å². The maximum absolute atomic E-state index is 11.7. The number of methoxy groups -OCH3 is 1. The highest BCUT2D eigenvalue weighted by Crippen LogP contribution is 2.39. The molecule has 25 heavy (non-hydrogen) atoms. The van der Waals surface area contributed by atoms with E-state index in [2.05, 4.69) is 55.8 Å².